The average Bonchev–Trinajstić information content (AvgIpc) is 3.02. The van der Waals surface area contributed by atoms with Crippen LogP contribution >= 0.6 is 11.3 Å². The molecular weight excluding hydrogens is 286 g/mol. The zero-order chi connectivity index (χ0) is 15.4. The van der Waals surface area contributed by atoms with Gasteiger partial charge in [0.2, 0.25) is 0 Å². The Kier molecular flexibility index (Phi) is 5.20. The maximum absolute atomic E-state index is 11.2. The number of furan rings is 1. The number of methoxy groups -OCH3 is 1. The van der Waals surface area contributed by atoms with Crippen LogP contribution in [0.2, 0.25) is 0 Å². The summed E-state index contributed by atoms with van der Waals surface area (Å²) in [5.74, 6) is 1.70. The number of carbonyl (C=O) groups excluding carboxylic acids is 1. The summed E-state index contributed by atoms with van der Waals surface area (Å²) in [6.45, 7) is 6.85. The minimum Gasteiger partial charge on any atom is -0.469 e. The van der Waals surface area contributed by atoms with Gasteiger partial charge >= 0.3 is 5.97 Å². The third-order valence-electron chi connectivity index (χ3n) is 3.39. The SMILES string of the molecule is COC(=O)Cc1ccc(CNC(C)c2cc(C)oc2C)s1. The van der Waals surface area contributed by atoms with Gasteiger partial charge in [-0.05, 0) is 39.0 Å². The van der Waals surface area contributed by atoms with Gasteiger partial charge in [0, 0.05) is 27.9 Å². The predicted octanol–water partition coefficient (Wildman–Crippen LogP) is 3.52. The normalized spacial score (nSPS) is 12.4. The van der Waals surface area contributed by atoms with Gasteiger partial charge < -0.3 is 14.5 Å². The van der Waals surface area contributed by atoms with E-state index >= 15 is 0 Å². The van der Waals surface area contributed by atoms with Crippen molar-refractivity contribution in [3.63, 3.8) is 0 Å². The Bertz CT molecular complexity index is 615. The van der Waals surface area contributed by atoms with Crippen LogP contribution in [0.5, 0.6) is 0 Å². The second-order valence-electron chi connectivity index (χ2n) is 5.09. The molecule has 0 aliphatic carbocycles. The van der Waals surface area contributed by atoms with Crippen LogP contribution in [0.15, 0.2) is 22.6 Å². The van der Waals surface area contributed by atoms with Crippen molar-refractivity contribution in [2.24, 2.45) is 0 Å². The van der Waals surface area contributed by atoms with Gasteiger partial charge in [-0.3, -0.25) is 4.79 Å². The van der Waals surface area contributed by atoms with Gasteiger partial charge in [-0.2, -0.15) is 0 Å². The third-order valence-corrected chi connectivity index (χ3v) is 4.48. The molecule has 0 fully saturated rings. The number of carbonyl (C=O) groups is 1. The molecule has 2 rings (SSSR count). The smallest absolute Gasteiger partial charge is 0.310 e. The van der Waals surface area contributed by atoms with Crippen molar-refractivity contribution in [1.29, 1.82) is 0 Å². The average molecular weight is 307 g/mol. The summed E-state index contributed by atoms with van der Waals surface area (Å²) in [6.07, 6.45) is 0.344. The van der Waals surface area contributed by atoms with Crippen molar-refractivity contribution >= 4 is 17.3 Å². The maximum Gasteiger partial charge on any atom is 0.310 e. The van der Waals surface area contributed by atoms with Crippen molar-refractivity contribution in [3.8, 4) is 0 Å². The highest BCUT2D eigenvalue weighted by atomic mass is 32.1. The molecule has 5 heteroatoms. The Hall–Kier alpha value is -1.59. The Morgan fingerprint density at radius 2 is 2.10 bits per heavy atom. The van der Waals surface area contributed by atoms with E-state index in [2.05, 4.69) is 29.1 Å². The molecule has 0 amide bonds. The molecule has 2 heterocycles. The molecule has 21 heavy (non-hydrogen) atoms. The van der Waals surface area contributed by atoms with Crippen molar-refractivity contribution in [2.45, 2.75) is 39.8 Å². The first-order chi connectivity index (χ1) is 9.99. The lowest BCUT2D eigenvalue weighted by atomic mass is 10.1. The molecule has 2 aromatic rings. The first-order valence-electron chi connectivity index (χ1n) is 6.94. The molecule has 0 saturated carbocycles. The lowest BCUT2D eigenvalue weighted by Crippen LogP contribution is -2.17. The van der Waals surface area contributed by atoms with Gasteiger partial charge in [-0.15, -0.1) is 11.3 Å². The summed E-state index contributed by atoms with van der Waals surface area (Å²) in [5.41, 5.74) is 1.19. The van der Waals surface area contributed by atoms with Gasteiger partial charge in [-0.25, -0.2) is 0 Å². The summed E-state index contributed by atoms with van der Waals surface area (Å²) in [7, 11) is 1.41. The highest BCUT2D eigenvalue weighted by Gasteiger charge is 2.13. The molecule has 0 bridgehead atoms. The molecule has 1 atom stereocenters. The largest absolute Gasteiger partial charge is 0.469 e. The molecular formula is C16H21NO3S. The van der Waals surface area contributed by atoms with Crippen LogP contribution in [0, 0.1) is 13.8 Å². The fourth-order valence-corrected chi connectivity index (χ4v) is 3.23. The van der Waals surface area contributed by atoms with E-state index in [0.29, 0.717) is 6.42 Å². The number of ether oxygens (including phenoxy) is 1. The molecule has 114 valence electrons. The lowest BCUT2D eigenvalue weighted by Gasteiger charge is -2.12. The Morgan fingerprint density at radius 3 is 2.71 bits per heavy atom. The number of nitrogens with one attached hydrogen (secondary N) is 1. The molecule has 0 saturated heterocycles. The van der Waals surface area contributed by atoms with E-state index < -0.39 is 0 Å². The monoisotopic (exact) mass is 307 g/mol. The van der Waals surface area contributed by atoms with Crippen LogP contribution in [0.1, 0.15) is 39.8 Å². The zero-order valence-corrected chi connectivity index (χ0v) is 13.7. The Labute approximate surface area is 129 Å². The number of hydrogen-bond donors (Lipinski definition) is 1. The number of hydrogen-bond acceptors (Lipinski definition) is 5. The number of thiophene rings is 1. The molecule has 4 nitrogen and oxygen atoms in total. The van der Waals surface area contributed by atoms with Crippen LogP contribution in [0.4, 0.5) is 0 Å². The Morgan fingerprint density at radius 1 is 1.38 bits per heavy atom. The van der Waals surface area contributed by atoms with Crippen molar-refractivity contribution < 1.29 is 13.9 Å². The molecule has 1 unspecified atom stereocenters. The van der Waals surface area contributed by atoms with E-state index in [1.165, 1.54) is 17.6 Å². The first-order valence-corrected chi connectivity index (χ1v) is 7.76. The van der Waals surface area contributed by atoms with Gasteiger partial charge in [0.1, 0.15) is 11.5 Å². The predicted molar refractivity (Wildman–Crippen MR) is 83.5 cm³/mol. The number of aryl methyl sites for hydroxylation is 2. The molecule has 0 aliphatic rings. The van der Waals surface area contributed by atoms with E-state index in [0.717, 1.165) is 22.9 Å². The summed E-state index contributed by atoms with van der Waals surface area (Å²) < 4.78 is 10.2. The minimum absolute atomic E-state index is 0.200. The standard InChI is InChI=1S/C16H21NO3S/c1-10-7-15(12(3)20-10)11(2)17-9-14-6-5-13(21-14)8-16(18)19-4/h5-7,11,17H,8-9H2,1-4H3. The topological polar surface area (TPSA) is 51.5 Å². The van der Waals surface area contributed by atoms with E-state index in [9.17, 15) is 4.79 Å². The quantitative estimate of drug-likeness (QED) is 0.830. The zero-order valence-electron chi connectivity index (χ0n) is 12.9. The molecule has 0 aromatic carbocycles. The van der Waals surface area contributed by atoms with Gasteiger partial charge in [0.25, 0.3) is 0 Å². The number of esters is 1. The highest BCUT2D eigenvalue weighted by Crippen LogP contribution is 2.23. The summed E-state index contributed by atoms with van der Waals surface area (Å²) >= 11 is 1.64. The summed E-state index contributed by atoms with van der Waals surface area (Å²) in [6, 6.07) is 6.34. The fraction of sp³-hybridized carbons (Fsp3) is 0.438. The molecule has 0 spiro atoms. The fourth-order valence-electron chi connectivity index (χ4n) is 2.27. The van der Waals surface area contributed by atoms with E-state index in [4.69, 9.17) is 4.42 Å². The molecule has 0 radical (unpaired) electrons. The minimum atomic E-state index is -0.200. The van der Waals surface area contributed by atoms with Crippen molar-refractivity contribution in [3.05, 3.63) is 45.0 Å². The maximum atomic E-state index is 11.2. The van der Waals surface area contributed by atoms with Gasteiger partial charge in [0.15, 0.2) is 0 Å². The summed E-state index contributed by atoms with van der Waals surface area (Å²) in [4.78, 5) is 13.5. The van der Waals surface area contributed by atoms with Crippen LogP contribution in [-0.2, 0) is 22.5 Å². The molecule has 2 aromatic heterocycles. The van der Waals surface area contributed by atoms with Crippen molar-refractivity contribution in [2.75, 3.05) is 7.11 Å². The molecule has 1 N–H and O–H groups in total. The summed E-state index contributed by atoms with van der Waals surface area (Å²) in [5, 5.41) is 3.48. The number of rotatable bonds is 6. The van der Waals surface area contributed by atoms with E-state index in [1.54, 1.807) is 11.3 Å². The van der Waals surface area contributed by atoms with Crippen LogP contribution in [0.25, 0.3) is 0 Å². The van der Waals surface area contributed by atoms with E-state index in [-0.39, 0.29) is 12.0 Å². The lowest BCUT2D eigenvalue weighted by molar-refractivity contribution is -0.139. The Balaban J connectivity index is 1.91. The van der Waals surface area contributed by atoms with Crippen LogP contribution < -0.4 is 5.32 Å². The van der Waals surface area contributed by atoms with Gasteiger partial charge in [0.05, 0.1) is 13.5 Å². The second-order valence-corrected chi connectivity index (χ2v) is 6.34. The van der Waals surface area contributed by atoms with Crippen LogP contribution in [0.3, 0.4) is 0 Å². The van der Waals surface area contributed by atoms with E-state index in [1.807, 2.05) is 19.9 Å². The van der Waals surface area contributed by atoms with Crippen LogP contribution in [-0.4, -0.2) is 13.1 Å². The second kappa shape index (κ2) is 6.91. The first kappa shape index (κ1) is 15.8. The third kappa shape index (κ3) is 4.19. The highest BCUT2D eigenvalue weighted by molar-refractivity contribution is 7.12. The molecule has 0 aliphatic heterocycles. The van der Waals surface area contributed by atoms with Crippen molar-refractivity contribution in [1.82, 2.24) is 5.32 Å². The van der Waals surface area contributed by atoms with Gasteiger partial charge in [-0.1, -0.05) is 0 Å².